The number of ether oxygens (including phenoxy) is 1. The number of hydrogen-bond acceptors (Lipinski definition) is 4. The van der Waals surface area contributed by atoms with Crippen LogP contribution in [0, 0.1) is 6.92 Å². The number of nitrogens with two attached hydrogens (primary N) is 1. The topological polar surface area (TPSA) is 103 Å². The van der Waals surface area contributed by atoms with Gasteiger partial charge in [-0.05, 0) is 67.8 Å². The number of hydrogen-bond donors (Lipinski definition) is 2. The summed E-state index contributed by atoms with van der Waals surface area (Å²) in [7, 11) is -3.80. The summed E-state index contributed by atoms with van der Waals surface area (Å²) in [6, 6.07) is 15.4. The van der Waals surface area contributed by atoms with E-state index in [1.807, 2.05) is 29.7 Å². The Morgan fingerprint density at radius 2 is 1.76 bits per heavy atom. The first kappa shape index (κ1) is 25.0. The van der Waals surface area contributed by atoms with E-state index in [2.05, 4.69) is 12.2 Å². The molecule has 176 valence electrons. The zero-order chi connectivity index (χ0) is 24.0. The summed E-state index contributed by atoms with van der Waals surface area (Å²) < 4.78 is 30.7. The van der Waals surface area contributed by atoms with E-state index in [4.69, 9.17) is 21.5 Å². The van der Waals surface area contributed by atoms with Crippen LogP contribution in [0.1, 0.15) is 35.8 Å². The molecule has 7 nitrogen and oxygen atoms in total. The van der Waals surface area contributed by atoms with Crippen LogP contribution in [0.4, 0.5) is 0 Å². The van der Waals surface area contributed by atoms with Crippen molar-refractivity contribution in [2.45, 2.75) is 31.6 Å². The van der Waals surface area contributed by atoms with Gasteiger partial charge in [-0.15, -0.1) is 0 Å². The van der Waals surface area contributed by atoms with Crippen LogP contribution < -0.4 is 10.5 Å². The Balaban J connectivity index is 1.94. The predicted octanol–water partition coefficient (Wildman–Crippen LogP) is 4.30. The van der Waals surface area contributed by atoms with E-state index in [0.717, 1.165) is 29.8 Å². The molecule has 0 radical (unpaired) electrons. The van der Waals surface area contributed by atoms with Crippen LogP contribution in [-0.4, -0.2) is 38.7 Å². The third kappa shape index (κ3) is 6.23. The van der Waals surface area contributed by atoms with Gasteiger partial charge in [-0.3, -0.25) is 4.79 Å². The van der Waals surface area contributed by atoms with E-state index in [-0.39, 0.29) is 10.8 Å². The number of halogens is 1. The van der Waals surface area contributed by atoms with E-state index >= 15 is 0 Å². The number of aromatic nitrogens is 1. The highest BCUT2D eigenvalue weighted by molar-refractivity contribution is 7.89. The first-order valence-corrected chi connectivity index (χ1v) is 12.6. The minimum Gasteiger partial charge on any atom is -0.381 e. The SMILES string of the molecule is CCCOCCCNC(=O)c1cc(-c2ccc(Cl)cc2)n(-c2ccc(S(N)(=O)=O)cc2)c1C. The summed E-state index contributed by atoms with van der Waals surface area (Å²) in [5, 5.41) is 8.79. The van der Waals surface area contributed by atoms with Crippen molar-refractivity contribution in [3.05, 3.63) is 70.9 Å². The molecule has 2 aromatic carbocycles. The van der Waals surface area contributed by atoms with Gasteiger partial charge >= 0.3 is 0 Å². The van der Waals surface area contributed by atoms with Gasteiger partial charge in [-0.2, -0.15) is 0 Å². The van der Waals surface area contributed by atoms with Gasteiger partial charge in [0.05, 0.1) is 16.2 Å². The Kier molecular flexibility index (Phi) is 8.31. The van der Waals surface area contributed by atoms with E-state index in [1.165, 1.54) is 12.1 Å². The van der Waals surface area contributed by atoms with Gasteiger partial charge in [0.15, 0.2) is 0 Å². The minimum atomic E-state index is -3.80. The van der Waals surface area contributed by atoms with E-state index in [1.54, 1.807) is 24.3 Å². The minimum absolute atomic E-state index is 0.0207. The first-order chi connectivity index (χ1) is 15.7. The fourth-order valence-electron chi connectivity index (χ4n) is 3.51. The molecule has 0 aliphatic rings. The molecule has 0 aliphatic carbocycles. The van der Waals surface area contributed by atoms with E-state index in [0.29, 0.717) is 36.0 Å². The molecule has 3 N–H and O–H groups in total. The molecule has 3 rings (SSSR count). The number of sulfonamides is 1. The maximum Gasteiger partial charge on any atom is 0.253 e. The molecule has 9 heteroatoms. The normalized spacial score (nSPS) is 11.5. The second kappa shape index (κ2) is 11.0. The summed E-state index contributed by atoms with van der Waals surface area (Å²) >= 11 is 6.06. The van der Waals surface area contributed by atoms with Gasteiger partial charge in [-0.25, -0.2) is 13.6 Å². The molecule has 0 atom stereocenters. The van der Waals surface area contributed by atoms with Crippen LogP contribution in [0.5, 0.6) is 0 Å². The van der Waals surface area contributed by atoms with Crippen LogP contribution in [0.3, 0.4) is 0 Å². The highest BCUT2D eigenvalue weighted by atomic mass is 35.5. The molecular weight excluding hydrogens is 462 g/mol. The fourth-order valence-corrected chi connectivity index (χ4v) is 4.15. The summed E-state index contributed by atoms with van der Waals surface area (Å²) in [4.78, 5) is 13.0. The molecule has 33 heavy (non-hydrogen) atoms. The van der Waals surface area contributed by atoms with Gasteiger partial charge in [0.2, 0.25) is 10.0 Å². The summed E-state index contributed by atoms with van der Waals surface area (Å²) in [5.41, 5.74) is 3.61. The van der Waals surface area contributed by atoms with Crippen molar-refractivity contribution in [1.29, 1.82) is 0 Å². The summed E-state index contributed by atoms with van der Waals surface area (Å²) in [5.74, 6) is -0.182. The number of nitrogens with zero attached hydrogens (tertiary/aromatic N) is 1. The Hall–Kier alpha value is -2.65. The Labute approximate surface area is 199 Å². The molecule has 0 aliphatic heterocycles. The third-order valence-corrected chi connectivity index (χ3v) is 6.34. The Bertz CT molecular complexity index is 1200. The lowest BCUT2D eigenvalue weighted by atomic mass is 10.1. The third-order valence-electron chi connectivity index (χ3n) is 5.15. The molecule has 1 amide bonds. The number of amides is 1. The highest BCUT2D eigenvalue weighted by Crippen LogP contribution is 2.30. The summed E-state index contributed by atoms with van der Waals surface area (Å²) in [6.07, 6.45) is 1.69. The van der Waals surface area contributed by atoms with Crippen molar-refractivity contribution in [3.63, 3.8) is 0 Å². The monoisotopic (exact) mass is 489 g/mol. The van der Waals surface area contributed by atoms with Crippen LogP contribution >= 0.6 is 11.6 Å². The molecule has 0 unspecified atom stereocenters. The molecule has 0 spiro atoms. The maximum absolute atomic E-state index is 12.9. The number of primary sulfonamides is 1. The van der Waals surface area contributed by atoms with Gasteiger partial charge in [0.1, 0.15) is 0 Å². The molecule has 0 bridgehead atoms. The average molecular weight is 490 g/mol. The van der Waals surface area contributed by atoms with Gasteiger partial charge in [0.25, 0.3) is 5.91 Å². The molecule has 0 saturated heterocycles. The quantitative estimate of drug-likeness (QED) is 0.414. The number of carbonyl (C=O) groups is 1. The second-order valence-corrected chi connectivity index (χ2v) is 9.63. The van der Waals surface area contributed by atoms with Crippen molar-refractivity contribution in [3.8, 4) is 16.9 Å². The van der Waals surface area contributed by atoms with Crippen LogP contribution in [0.25, 0.3) is 16.9 Å². The van der Waals surface area contributed by atoms with Gasteiger partial charge in [-0.1, -0.05) is 30.7 Å². The van der Waals surface area contributed by atoms with Crippen molar-refractivity contribution < 1.29 is 17.9 Å². The average Bonchev–Trinajstić information content (AvgIpc) is 3.13. The van der Waals surface area contributed by atoms with Crippen LogP contribution in [0.15, 0.2) is 59.5 Å². The fraction of sp³-hybridized carbons (Fsp3) is 0.292. The number of carbonyl (C=O) groups excluding carboxylic acids is 1. The highest BCUT2D eigenvalue weighted by Gasteiger charge is 2.20. The molecule has 3 aromatic rings. The van der Waals surface area contributed by atoms with Crippen molar-refractivity contribution in [2.24, 2.45) is 5.14 Å². The number of rotatable bonds is 10. The predicted molar refractivity (Wildman–Crippen MR) is 130 cm³/mol. The van der Waals surface area contributed by atoms with Crippen LogP contribution in [0.2, 0.25) is 5.02 Å². The number of nitrogens with one attached hydrogen (secondary N) is 1. The zero-order valence-corrected chi connectivity index (χ0v) is 20.2. The van der Waals surface area contributed by atoms with Crippen molar-refractivity contribution in [1.82, 2.24) is 9.88 Å². The van der Waals surface area contributed by atoms with Crippen molar-refractivity contribution >= 4 is 27.5 Å². The smallest absolute Gasteiger partial charge is 0.253 e. The van der Waals surface area contributed by atoms with Crippen molar-refractivity contribution in [2.75, 3.05) is 19.8 Å². The Morgan fingerprint density at radius 3 is 2.36 bits per heavy atom. The molecule has 0 saturated carbocycles. The molecule has 1 heterocycles. The Morgan fingerprint density at radius 1 is 1.09 bits per heavy atom. The summed E-state index contributed by atoms with van der Waals surface area (Å²) in [6.45, 7) is 5.72. The molecular formula is C24H28ClN3O4S. The first-order valence-electron chi connectivity index (χ1n) is 10.7. The van der Waals surface area contributed by atoms with Gasteiger partial charge < -0.3 is 14.6 Å². The largest absolute Gasteiger partial charge is 0.381 e. The number of benzene rings is 2. The lowest BCUT2D eigenvalue weighted by molar-refractivity contribution is 0.0941. The lowest BCUT2D eigenvalue weighted by Crippen LogP contribution is -2.25. The zero-order valence-electron chi connectivity index (χ0n) is 18.7. The lowest BCUT2D eigenvalue weighted by Gasteiger charge is -2.13. The van der Waals surface area contributed by atoms with E-state index in [9.17, 15) is 13.2 Å². The molecule has 1 aromatic heterocycles. The maximum atomic E-state index is 12.9. The standard InChI is InChI=1S/C24H28ClN3O4S/c1-3-14-32-15-4-13-27-24(29)22-16-23(18-5-7-19(25)8-6-18)28(17(22)2)20-9-11-21(12-10-20)33(26,30)31/h5-12,16H,3-4,13-15H2,1-2H3,(H,27,29)(H2,26,30,31). The molecule has 0 fully saturated rings. The van der Waals surface area contributed by atoms with E-state index < -0.39 is 10.0 Å². The van der Waals surface area contributed by atoms with Gasteiger partial charge in [0, 0.05) is 36.2 Å². The second-order valence-electron chi connectivity index (χ2n) is 7.63. The van der Waals surface area contributed by atoms with Crippen LogP contribution in [-0.2, 0) is 14.8 Å².